The Balaban J connectivity index is 2.06. The number of nitrogens with zero attached hydrogens (tertiary/aromatic N) is 2. The van der Waals surface area contributed by atoms with E-state index in [-0.39, 0.29) is 22.6 Å². The Morgan fingerprint density at radius 1 is 0.529 bits per heavy atom. The van der Waals surface area contributed by atoms with Crippen LogP contribution in [0, 0.1) is 10.8 Å². The zero-order chi connectivity index (χ0) is 24.9. The SMILES string of the molecule is CC(C)(C)CN(C(=O)c1ccccc1C(=O)N(CC(C)(C)C)c1ccccc1)c1ccccc1. The van der Waals surface area contributed by atoms with E-state index < -0.39 is 0 Å². The van der Waals surface area contributed by atoms with Crippen LogP contribution in [0.3, 0.4) is 0 Å². The minimum absolute atomic E-state index is 0.118. The first-order valence-electron chi connectivity index (χ1n) is 11.8. The molecule has 0 spiro atoms. The van der Waals surface area contributed by atoms with E-state index in [2.05, 4.69) is 41.5 Å². The van der Waals surface area contributed by atoms with Crippen LogP contribution in [0.4, 0.5) is 11.4 Å². The Bertz CT molecular complexity index is 1020. The molecule has 0 N–H and O–H groups in total. The Morgan fingerprint density at radius 2 is 0.824 bits per heavy atom. The first-order chi connectivity index (χ1) is 16.0. The van der Waals surface area contributed by atoms with Gasteiger partial charge in [-0.3, -0.25) is 9.59 Å². The maximum absolute atomic E-state index is 13.9. The fourth-order valence-electron chi connectivity index (χ4n) is 3.87. The third-order valence-corrected chi connectivity index (χ3v) is 5.28. The molecule has 0 aliphatic heterocycles. The van der Waals surface area contributed by atoms with Crippen molar-refractivity contribution >= 4 is 23.2 Å². The molecule has 3 aromatic rings. The largest absolute Gasteiger partial charge is 0.308 e. The highest BCUT2D eigenvalue weighted by atomic mass is 16.2. The summed E-state index contributed by atoms with van der Waals surface area (Å²) in [7, 11) is 0. The predicted octanol–water partition coefficient (Wildman–Crippen LogP) is 7.07. The lowest BCUT2D eigenvalue weighted by Crippen LogP contribution is -2.41. The van der Waals surface area contributed by atoms with E-state index >= 15 is 0 Å². The van der Waals surface area contributed by atoms with Crippen molar-refractivity contribution in [1.29, 1.82) is 0 Å². The van der Waals surface area contributed by atoms with Crippen molar-refractivity contribution in [3.8, 4) is 0 Å². The van der Waals surface area contributed by atoms with Gasteiger partial charge in [-0.2, -0.15) is 0 Å². The van der Waals surface area contributed by atoms with Crippen molar-refractivity contribution in [3.05, 3.63) is 96.1 Å². The zero-order valence-electron chi connectivity index (χ0n) is 21.2. The molecular weight excluding hydrogens is 420 g/mol. The number of benzene rings is 3. The van der Waals surface area contributed by atoms with E-state index in [1.807, 2.05) is 72.8 Å². The molecule has 0 aliphatic carbocycles. The summed E-state index contributed by atoms with van der Waals surface area (Å²) in [6.07, 6.45) is 0. The van der Waals surface area contributed by atoms with Crippen LogP contribution in [0.5, 0.6) is 0 Å². The summed E-state index contributed by atoms with van der Waals surface area (Å²) in [6, 6.07) is 26.5. The van der Waals surface area contributed by atoms with E-state index in [1.54, 1.807) is 21.9 Å². The summed E-state index contributed by atoms with van der Waals surface area (Å²) in [5.74, 6) is -0.345. The molecule has 0 bridgehead atoms. The molecule has 0 atom stereocenters. The van der Waals surface area contributed by atoms with Gasteiger partial charge in [-0.1, -0.05) is 90.1 Å². The molecule has 3 aromatic carbocycles. The topological polar surface area (TPSA) is 40.6 Å². The van der Waals surface area contributed by atoms with E-state index in [9.17, 15) is 9.59 Å². The number of rotatable bonds is 6. The highest BCUT2D eigenvalue weighted by molar-refractivity contribution is 6.16. The van der Waals surface area contributed by atoms with Gasteiger partial charge in [0, 0.05) is 24.5 Å². The van der Waals surface area contributed by atoms with E-state index in [1.165, 1.54) is 0 Å². The molecule has 178 valence electrons. The van der Waals surface area contributed by atoms with Crippen LogP contribution >= 0.6 is 0 Å². The lowest BCUT2D eigenvalue weighted by molar-refractivity contribution is 0.0945. The number of amides is 2. The third kappa shape index (κ3) is 6.57. The fraction of sp³-hybridized carbons (Fsp3) is 0.333. The Morgan fingerprint density at radius 3 is 1.12 bits per heavy atom. The van der Waals surface area contributed by atoms with Gasteiger partial charge in [-0.25, -0.2) is 0 Å². The van der Waals surface area contributed by atoms with E-state index in [0.29, 0.717) is 24.2 Å². The minimum atomic E-state index is -0.172. The maximum atomic E-state index is 13.9. The molecule has 0 aliphatic rings. The van der Waals surface area contributed by atoms with Gasteiger partial charge < -0.3 is 9.80 Å². The van der Waals surface area contributed by atoms with Crippen molar-refractivity contribution in [3.63, 3.8) is 0 Å². The molecule has 0 heterocycles. The van der Waals surface area contributed by atoms with Crippen LogP contribution in [-0.4, -0.2) is 24.9 Å². The van der Waals surface area contributed by atoms with Crippen molar-refractivity contribution in [2.45, 2.75) is 41.5 Å². The normalized spacial score (nSPS) is 11.7. The molecular formula is C30H36N2O2. The number of hydrogen-bond acceptors (Lipinski definition) is 2. The first kappa shape index (κ1) is 25.2. The van der Waals surface area contributed by atoms with Gasteiger partial charge in [-0.05, 0) is 47.2 Å². The zero-order valence-corrected chi connectivity index (χ0v) is 21.2. The molecule has 4 nitrogen and oxygen atoms in total. The molecule has 3 rings (SSSR count). The van der Waals surface area contributed by atoms with Crippen LogP contribution in [0.2, 0.25) is 0 Å². The molecule has 0 fully saturated rings. The van der Waals surface area contributed by atoms with Crippen molar-refractivity contribution < 1.29 is 9.59 Å². The molecule has 2 amide bonds. The summed E-state index contributed by atoms with van der Waals surface area (Å²) < 4.78 is 0. The number of anilines is 2. The summed E-state index contributed by atoms with van der Waals surface area (Å²) in [5, 5.41) is 0. The van der Waals surface area contributed by atoms with Crippen molar-refractivity contribution in [2.75, 3.05) is 22.9 Å². The van der Waals surface area contributed by atoms with Crippen molar-refractivity contribution in [2.24, 2.45) is 10.8 Å². The lowest BCUT2D eigenvalue weighted by atomic mass is 9.93. The molecule has 0 aromatic heterocycles. The molecule has 4 heteroatoms. The molecule has 0 saturated heterocycles. The number of para-hydroxylation sites is 2. The second-order valence-electron chi connectivity index (χ2n) is 11.1. The van der Waals surface area contributed by atoms with Crippen LogP contribution in [0.25, 0.3) is 0 Å². The summed E-state index contributed by atoms with van der Waals surface area (Å²) in [4.78, 5) is 31.5. The number of carbonyl (C=O) groups is 2. The van der Waals surface area contributed by atoms with E-state index in [4.69, 9.17) is 0 Å². The highest BCUT2D eigenvalue weighted by Crippen LogP contribution is 2.28. The average molecular weight is 457 g/mol. The minimum Gasteiger partial charge on any atom is -0.308 e. The van der Waals surface area contributed by atoms with Crippen LogP contribution in [0.1, 0.15) is 62.3 Å². The smallest absolute Gasteiger partial charge is 0.259 e. The van der Waals surface area contributed by atoms with Gasteiger partial charge in [0.05, 0.1) is 11.1 Å². The van der Waals surface area contributed by atoms with Gasteiger partial charge in [0.15, 0.2) is 0 Å². The first-order valence-corrected chi connectivity index (χ1v) is 11.8. The monoisotopic (exact) mass is 456 g/mol. The average Bonchev–Trinajstić information content (AvgIpc) is 2.80. The van der Waals surface area contributed by atoms with Gasteiger partial charge in [-0.15, -0.1) is 0 Å². The van der Waals surface area contributed by atoms with Gasteiger partial charge in [0.2, 0.25) is 0 Å². The third-order valence-electron chi connectivity index (χ3n) is 5.28. The maximum Gasteiger partial charge on any atom is 0.259 e. The van der Waals surface area contributed by atoms with E-state index in [0.717, 1.165) is 11.4 Å². The lowest BCUT2D eigenvalue weighted by Gasteiger charge is -2.32. The second-order valence-corrected chi connectivity index (χ2v) is 11.1. The number of carbonyl (C=O) groups excluding carboxylic acids is 2. The summed E-state index contributed by atoms with van der Waals surface area (Å²) in [6.45, 7) is 13.7. The molecule has 0 radical (unpaired) electrons. The van der Waals surface area contributed by atoms with Gasteiger partial charge in [0.1, 0.15) is 0 Å². The van der Waals surface area contributed by atoms with Crippen LogP contribution < -0.4 is 9.80 Å². The highest BCUT2D eigenvalue weighted by Gasteiger charge is 2.30. The fourth-order valence-corrected chi connectivity index (χ4v) is 3.87. The standard InChI is InChI=1S/C30H36N2O2/c1-29(2,3)21-31(23-15-9-7-10-16-23)27(33)25-19-13-14-20-26(25)28(34)32(22-30(4,5)6)24-17-11-8-12-18-24/h7-20H,21-22H2,1-6H3. The van der Waals surface area contributed by atoms with Crippen LogP contribution in [-0.2, 0) is 0 Å². The number of hydrogen-bond donors (Lipinski definition) is 0. The molecule has 0 unspecified atom stereocenters. The predicted molar refractivity (Wildman–Crippen MR) is 142 cm³/mol. The summed E-state index contributed by atoms with van der Waals surface area (Å²) in [5.41, 5.74) is 2.23. The molecule has 0 saturated carbocycles. The Hall–Kier alpha value is -3.40. The second kappa shape index (κ2) is 10.3. The van der Waals surface area contributed by atoms with Crippen LogP contribution in [0.15, 0.2) is 84.9 Å². The van der Waals surface area contributed by atoms with Gasteiger partial charge >= 0.3 is 0 Å². The quantitative estimate of drug-likeness (QED) is 0.398. The summed E-state index contributed by atoms with van der Waals surface area (Å²) >= 11 is 0. The van der Waals surface area contributed by atoms with Crippen molar-refractivity contribution in [1.82, 2.24) is 0 Å². The Labute approximate surface area is 204 Å². The molecule has 34 heavy (non-hydrogen) atoms. The van der Waals surface area contributed by atoms with Gasteiger partial charge in [0.25, 0.3) is 11.8 Å². The Kier molecular flexibility index (Phi) is 7.61.